The van der Waals surface area contributed by atoms with Crippen LogP contribution in [0.1, 0.15) is 46.4 Å². The molecule has 0 unspecified atom stereocenters. The summed E-state index contributed by atoms with van der Waals surface area (Å²) >= 11 is 0. The average molecular weight is 436 g/mol. The van der Waals surface area contributed by atoms with Crippen LogP contribution in [0.25, 0.3) is 0 Å². The summed E-state index contributed by atoms with van der Waals surface area (Å²) in [6, 6.07) is 15.7. The molecule has 1 aliphatic carbocycles. The van der Waals surface area contributed by atoms with Crippen LogP contribution in [0.3, 0.4) is 0 Å². The maximum absolute atomic E-state index is 12.9. The van der Waals surface area contributed by atoms with Crippen LogP contribution in [0, 0.1) is 5.92 Å². The van der Waals surface area contributed by atoms with Crippen LogP contribution in [0.5, 0.6) is 5.75 Å². The summed E-state index contributed by atoms with van der Waals surface area (Å²) in [5.41, 5.74) is 1.12. The molecule has 2 aromatic rings. The SMILES string of the molecule is COc1cccc(C(=O)N2CCC([C@H](NC(=O)c3ccccc3)C(=O)NC3CC3)CC2)c1. The first kappa shape index (κ1) is 21.9. The van der Waals surface area contributed by atoms with Gasteiger partial charge in [0.1, 0.15) is 11.8 Å². The quantitative estimate of drug-likeness (QED) is 0.700. The summed E-state index contributed by atoms with van der Waals surface area (Å²) in [5.74, 6) is 0.183. The Bertz CT molecular complexity index is 966. The molecule has 2 N–H and O–H groups in total. The lowest BCUT2D eigenvalue weighted by molar-refractivity contribution is -0.124. The molecule has 7 nitrogen and oxygen atoms in total. The number of methoxy groups -OCH3 is 1. The second-order valence-electron chi connectivity index (χ2n) is 8.46. The molecule has 2 aliphatic rings. The third kappa shape index (κ3) is 5.28. The lowest BCUT2D eigenvalue weighted by Gasteiger charge is -2.36. The molecule has 1 heterocycles. The van der Waals surface area contributed by atoms with Gasteiger partial charge in [-0.2, -0.15) is 0 Å². The topological polar surface area (TPSA) is 87.7 Å². The lowest BCUT2D eigenvalue weighted by atomic mass is 9.88. The van der Waals surface area contributed by atoms with Crippen molar-refractivity contribution in [3.8, 4) is 5.75 Å². The van der Waals surface area contributed by atoms with Gasteiger partial charge in [-0.3, -0.25) is 14.4 Å². The zero-order valence-corrected chi connectivity index (χ0v) is 18.3. The molecule has 4 rings (SSSR count). The van der Waals surface area contributed by atoms with Crippen LogP contribution in [0.15, 0.2) is 54.6 Å². The second kappa shape index (κ2) is 9.85. The number of ether oxygens (including phenoxy) is 1. The van der Waals surface area contributed by atoms with Crippen LogP contribution >= 0.6 is 0 Å². The molecule has 3 amide bonds. The van der Waals surface area contributed by atoms with Crippen molar-refractivity contribution in [3.63, 3.8) is 0 Å². The molecule has 32 heavy (non-hydrogen) atoms. The zero-order valence-electron chi connectivity index (χ0n) is 18.3. The van der Waals surface area contributed by atoms with Crippen molar-refractivity contribution in [3.05, 3.63) is 65.7 Å². The number of benzene rings is 2. The van der Waals surface area contributed by atoms with Gasteiger partial charge >= 0.3 is 0 Å². The van der Waals surface area contributed by atoms with Crippen molar-refractivity contribution >= 4 is 17.7 Å². The number of hydrogen-bond acceptors (Lipinski definition) is 4. The Kier molecular flexibility index (Phi) is 6.73. The molecule has 168 valence electrons. The van der Waals surface area contributed by atoms with Crippen molar-refractivity contribution in [2.45, 2.75) is 37.8 Å². The maximum Gasteiger partial charge on any atom is 0.253 e. The Hall–Kier alpha value is -3.35. The van der Waals surface area contributed by atoms with Gasteiger partial charge in [0.25, 0.3) is 11.8 Å². The van der Waals surface area contributed by atoms with E-state index in [0.717, 1.165) is 12.8 Å². The smallest absolute Gasteiger partial charge is 0.253 e. The Labute approximate surface area is 188 Å². The predicted octanol–water partition coefficient (Wildman–Crippen LogP) is 2.62. The van der Waals surface area contributed by atoms with E-state index in [1.807, 2.05) is 12.1 Å². The Morgan fingerprint density at radius 1 is 0.938 bits per heavy atom. The van der Waals surface area contributed by atoms with Crippen molar-refractivity contribution in [2.24, 2.45) is 5.92 Å². The summed E-state index contributed by atoms with van der Waals surface area (Å²) in [7, 11) is 1.58. The molecule has 1 atom stereocenters. The largest absolute Gasteiger partial charge is 0.497 e. The number of piperidine rings is 1. The highest BCUT2D eigenvalue weighted by atomic mass is 16.5. The van der Waals surface area contributed by atoms with Gasteiger partial charge in [0.2, 0.25) is 5.91 Å². The minimum atomic E-state index is -0.614. The van der Waals surface area contributed by atoms with Gasteiger partial charge in [0.05, 0.1) is 7.11 Å². The van der Waals surface area contributed by atoms with E-state index in [4.69, 9.17) is 4.74 Å². The summed E-state index contributed by atoms with van der Waals surface area (Å²) < 4.78 is 5.22. The molecule has 1 saturated carbocycles. The summed E-state index contributed by atoms with van der Waals surface area (Å²) in [5, 5.41) is 5.99. The third-order valence-corrected chi connectivity index (χ3v) is 6.14. The van der Waals surface area contributed by atoms with Crippen LogP contribution in [0.2, 0.25) is 0 Å². The third-order valence-electron chi connectivity index (χ3n) is 6.14. The highest BCUT2D eigenvalue weighted by Gasteiger charge is 2.36. The molecule has 0 aromatic heterocycles. The van der Waals surface area contributed by atoms with E-state index in [1.165, 1.54) is 0 Å². The Morgan fingerprint density at radius 3 is 2.28 bits per heavy atom. The fourth-order valence-corrected chi connectivity index (χ4v) is 4.10. The standard InChI is InChI=1S/C25H29N3O4/c1-32-21-9-5-8-19(16-21)25(31)28-14-12-17(13-15-28)22(24(30)26-20-10-11-20)27-23(29)18-6-3-2-4-7-18/h2-9,16-17,20,22H,10-15H2,1H3,(H,26,30)(H,27,29)/t22-/m0/s1. The van der Waals surface area contributed by atoms with E-state index in [0.29, 0.717) is 42.8 Å². The van der Waals surface area contributed by atoms with Crippen LogP contribution in [-0.2, 0) is 4.79 Å². The first-order valence-electron chi connectivity index (χ1n) is 11.1. The Balaban J connectivity index is 1.41. The fourth-order valence-electron chi connectivity index (χ4n) is 4.10. The minimum absolute atomic E-state index is 0.0317. The highest BCUT2D eigenvalue weighted by molar-refractivity contribution is 5.98. The lowest BCUT2D eigenvalue weighted by Crippen LogP contribution is -2.54. The molecule has 0 spiro atoms. The van der Waals surface area contributed by atoms with E-state index >= 15 is 0 Å². The number of nitrogens with one attached hydrogen (secondary N) is 2. The molecular formula is C25H29N3O4. The summed E-state index contributed by atoms with van der Waals surface area (Å²) in [6.07, 6.45) is 3.26. The van der Waals surface area contributed by atoms with Gasteiger partial charge in [0, 0.05) is 30.3 Å². The summed E-state index contributed by atoms with van der Waals surface area (Å²) in [6.45, 7) is 1.07. The predicted molar refractivity (Wildman–Crippen MR) is 120 cm³/mol. The number of rotatable bonds is 7. The molecule has 1 aliphatic heterocycles. The molecule has 1 saturated heterocycles. The number of amides is 3. The molecule has 0 radical (unpaired) electrons. The first-order chi connectivity index (χ1) is 15.5. The molecule has 2 fully saturated rings. The zero-order chi connectivity index (χ0) is 22.5. The van der Waals surface area contributed by atoms with Crippen LogP contribution < -0.4 is 15.4 Å². The van der Waals surface area contributed by atoms with E-state index in [-0.39, 0.29) is 29.7 Å². The highest BCUT2D eigenvalue weighted by Crippen LogP contribution is 2.25. The van der Waals surface area contributed by atoms with E-state index in [9.17, 15) is 14.4 Å². The number of nitrogens with zero attached hydrogens (tertiary/aromatic N) is 1. The molecular weight excluding hydrogens is 406 g/mol. The van der Waals surface area contributed by atoms with Gasteiger partial charge in [-0.15, -0.1) is 0 Å². The number of hydrogen-bond donors (Lipinski definition) is 2. The van der Waals surface area contributed by atoms with E-state index in [1.54, 1.807) is 54.5 Å². The van der Waals surface area contributed by atoms with Gasteiger partial charge in [-0.1, -0.05) is 24.3 Å². The normalized spacial score (nSPS) is 17.3. The van der Waals surface area contributed by atoms with E-state index < -0.39 is 6.04 Å². The second-order valence-corrected chi connectivity index (χ2v) is 8.46. The molecule has 0 bridgehead atoms. The molecule has 2 aromatic carbocycles. The monoisotopic (exact) mass is 435 g/mol. The first-order valence-corrected chi connectivity index (χ1v) is 11.1. The Morgan fingerprint density at radius 2 is 1.62 bits per heavy atom. The fraction of sp³-hybridized carbons (Fsp3) is 0.400. The van der Waals surface area contributed by atoms with Crippen molar-refractivity contribution < 1.29 is 19.1 Å². The summed E-state index contributed by atoms with van der Waals surface area (Å²) in [4.78, 5) is 40.4. The van der Waals surface area contributed by atoms with Gasteiger partial charge in [-0.05, 0) is 61.9 Å². The number of carbonyl (C=O) groups is 3. The van der Waals surface area contributed by atoms with Crippen LogP contribution in [0.4, 0.5) is 0 Å². The average Bonchev–Trinajstić information content (AvgIpc) is 3.66. The number of carbonyl (C=O) groups excluding carboxylic acids is 3. The van der Waals surface area contributed by atoms with Crippen molar-refractivity contribution in [1.29, 1.82) is 0 Å². The minimum Gasteiger partial charge on any atom is -0.497 e. The number of likely N-dealkylation sites (tertiary alicyclic amines) is 1. The van der Waals surface area contributed by atoms with Crippen LogP contribution in [-0.4, -0.2) is 54.9 Å². The van der Waals surface area contributed by atoms with Gasteiger partial charge in [0.15, 0.2) is 0 Å². The van der Waals surface area contributed by atoms with Gasteiger partial charge in [-0.25, -0.2) is 0 Å². The maximum atomic E-state index is 12.9. The molecule has 7 heteroatoms. The van der Waals surface area contributed by atoms with Gasteiger partial charge < -0.3 is 20.3 Å². The van der Waals surface area contributed by atoms with Crippen molar-refractivity contribution in [2.75, 3.05) is 20.2 Å². The van der Waals surface area contributed by atoms with Crippen molar-refractivity contribution in [1.82, 2.24) is 15.5 Å². The van der Waals surface area contributed by atoms with E-state index in [2.05, 4.69) is 10.6 Å².